The summed E-state index contributed by atoms with van der Waals surface area (Å²) >= 11 is 0. The molecule has 0 aliphatic carbocycles. The predicted molar refractivity (Wildman–Crippen MR) is 62.4 cm³/mol. The summed E-state index contributed by atoms with van der Waals surface area (Å²) in [5.74, 6) is -0.389. The van der Waals surface area contributed by atoms with Crippen LogP contribution in [0.15, 0.2) is 5.16 Å². The molecule has 0 heterocycles. The van der Waals surface area contributed by atoms with Crippen LogP contribution in [0.5, 0.6) is 0 Å². The van der Waals surface area contributed by atoms with Crippen molar-refractivity contribution in [3.63, 3.8) is 0 Å². The van der Waals surface area contributed by atoms with Gasteiger partial charge >= 0.3 is 0 Å². The zero-order valence-electron chi connectivity index (χ0n) is 9.98. The highest BCUT2D eigenvalue weighted by molar-refractivity contribution is 7.87. The Balaban J connectivity index is 4.31. The summed E-state index contributed by atoms with van der Waals surface area (Å²) in [7, 11) is -3.57. The summed E-state index contributed by atoms with van der Waals surface area (Å²) in [5.41, 5.74) is 4.77. The topological polar surface area (TPSA) is 117 Å². The van der Waals surface area contributed by atoms with Gasteiger partial charge in [0.05, 0.1) is 0 Å². The minimum absolute atomic E-state index is 0.0153. The molecule has 0 fully saturated rings. The molecule has 0 amide bonds. The van der Waals surface area contributed by atoms with Crippen LogP contribution in [0.3, 0.4) is 0 Å². The molecule has 0 aromatic heterocycles. The number of oxime groups is 1. The second-order valence-corrected chi connectivity index (χ2v) is 6.13. The van der Waals surface area contributed by atoms with Crippen molar-refractivity contribution in [1.29, 1.82) is 0 Å². The molecule has 0 spiro atoms. The van der Waals surface area contributed by atoms with Gasteiger partial charge < -0.3 is 10.9 Å². The Kier molecular flexibility index (Phi) is 5.17. The Morgan fingerprint density at radius 2 is 2.00 bits per heavy atom. The predicted octanol–water partition coefficient (Wildman–Crippen LogP) is -0.409. The van der Waals surface area contributed by atoms with Crippen molar-refractivity contribution in [3.8, 4) is 0 Å². The van der Waals surface area contributed by atoms with Gasteiger partial charge in [0, 0.05) is 18.0 Å². The monoisotopic (exact) mass is 252 g/mol. The number of nitrogens with zero attached hydrogens (tertiary/aromatic N) is 1. The number of rotatable bonds is 5. The molecule has 1 unspecified atom stereocenters. The highest BCUT2D eigenvalue weighted by Crippen LogP contribution is 2.01. The summed E-state index contributed by atoms with van der Waals surface area (Å²) in [5, 5.41) is 11.2. The molecule has 0 aromatic carbocycles. The van der Waals surface area contributed by atoms with Gasteiger partial charge in [0.2, 0.25) is 0 Å². The lowest BCUT2D eigenvalue weighted by Crippen LogP contribution is -2.48. The molecule has 5 N–H and O–H groups in total. The Labute approximate surface area is 96.3 Å². The van der Waals surface area contributed by atoms with Crippen LogP contribution in [0.25, 0.3) is 0 Å². The number of nitrogens with one attached hydrogen (secondary N) is 2. The fourth-order valence-corrected chi connectivity index (χ4v) is 2.22. The Morgan fingerprint density at radius 1 is 1.50 bits per heavy atom. The first kappa shape index (κ1) is 15.1. The highest BCUT2D eigenvalue weighted by Gasteiger charge is 2.20. The third-order valence-electron chi connectivity index (χ3n) is 1.64. The molecule has 0 saturated carbocycles. The van der Waals surface area contributed by atoms with E-state index >= 15 is 0 Å². The Bertz CT molecular complexity index is 345. The van der Waals surface area contributed by atoms with Crippen molar-refractivity contribution >= 4 is 16.0 Å². The minimum Gasteiger partial charge on any atom is -0.409 e. The number of hydrogen-bond donors (Lipinski definition) is 4. The molecule has 16 heavy (non-hydrogen) atoms. The van der Waals surface area contributed by atoms with E-state index in [1.807, 2.05) is 0 Å². The van der Waals surface area contributed by atoms with Gasteiger partial charge in [-0.15, -0.1) is 0 Å². The van der Waals surface area contributed by atoms with Crippen molar-refractivity contribution < 1.29 is 13.6 Å². The van der Waals surface area contributed by atoms with Crippen LogP contribution >= 0.6 is 0 Å². The third kappa shape index (κ3) is 6.59. The van der Waals surface area contributed by atoms with Crippen molar-refractivity contribution in [2.75, 3.05) is 6.54 Å². The van der Waals surface area contributed by atoms with E-state index in [1.54, 1.807) is 27.7 Å². The lowest BCUT2D eigenvalue weighted by molar-refractivity contribution is 0.314. The summed E-state index contributed by atoms with van der Waals surface area (Å²) in [6, 6.07) is 0. The molecular formula is C8H20N4O3S. The van der Waals surface area contributed by atoms with E-state index in [4.69, 9.17) is 10.9 Å². The molecule has 96 valence electrons. The van der Waals surface area contributed by atoms with Crippen LogP contribution in [0.1, 0.15) is 27.7 Å². The molecular weight excluding hydrogens is 232 g/mol. The van der Waals surface area contributed by atoms with Crippen LogP contribution < -0.4 is 15.2 Å². The number of nitrogens with two attached hydrogens (primary N) is 1. The lowest BCUT2D eigenvalue weighted by atomic mass is 10.1. The van der Waals surface area contributed by atoms with Gasteiger partial charge in [-0.05, 0) is 20.8 Å². The average molecular weight is 252 g/mol. The molecule has 0 bridgehead atoms. The van der Waals surface area contributed by atoms with Crippen molar-refractivity contribution in [1.82, 2.24) is 9.44 Å². The zero-order valence-corrected chi connectivity index (χ0v) is 10.8. The molecule has 0 radical (unpaired) electrons. The second kappa shape index (κ2) is 5.46. The molecule has 0 aliphatic heterocycles. The second-order valence-electron chi connectivity index (χ2n) is 4.63. The van der Waals surface area contributed by atoms with Gasteiger partial charge in [-0.2, -0.15) is 13.1 Å². The third-order valence-corrected chi connectivity index (χ3v) is 3.07. The number of amidine groups is 1. The average Bonchev–Trinajstić information content (AvgIpc) is 2.09. The van der Waals surface area contributed by atoms with Crippen molar-refractivity contribution in [3.05, 3.63) is 0 Å². The van der Waals surface area contributed by atoms with Gasteiger partial charge in [0.25, 0.3) is 10.2 Å². The first-order chi connectivity index (χ1) is 7.07. The van der Waals surface area contributed by atoms with Crippen molar-refractivity contribution in [2.45, 2.75) is 33.2 Å². The smallest absolute Gasteiger partial charge is 0.277 e. The van der Waals surface area contributed by atoms with Gasteiger partial charge in [0.1, 0.15) is 5.84 Å². The van der Waals surface area contributed by atoms with E-state index in [2.05, 4.69) is 14.6 Å². The van der Waals surface area contributed by atoms with E-state index in [9.17, 15) is 8.42 Å². The Hall–Kier alpha value is -0.860. The standard InChI is InChI=1S/C8H20N4O3S/c1-6(7(9)11-13)5-10-16(14,15)12-8(2,3)4/h6,10,12-13H,5H2,1-4H3,(H2,9,11). The minimum atomic E-state index is -3.57. The SMILES string of the molecule is CC(CNS(=O)(=O)NC(C)(C)C)C(N)=NO. The zero-order chi connectivity index (χ0) is 13.0. The summed E-state index contributed by atoms with van der Waals surface area (Å²) in [4.78, 5) is 0. The maximum atomic E-state index is 11.5. The van der Waals surface area contributed by atoms with Gasteiger partial charge in [-0.25, -0.2) is 4.72 Å². The van der Waals surface area contributed by atoms with Crippen LogP contribution in [-0.4, -0.2) is 31.5 Å². The van der Waals surface area contributed by atoms with Crippen LogP contribution in [0, 0.1) is 5.92 Å². The van der Waals surface area contributed by atoms with Gasteiger partial charge in [-0.1, -0.05) is 12.1 Å². The van der Waals surface area contributed by atoms with E-state index in [0.29, 0.717) is 0 Å². The van der Waals surface area contributed by atoms with Gasteiger partial charge in [0.15, 0.2) is 0 Å². The fourth-order valence-electron chi connectivity index (χ4n) is 0.877. The maximum Gasteiger partial charge on any atom is 0.277 e. The Morgan fingerprint density at radius 3 is 2.38 bits per heavy atom. The summed E-state index contributed by atoms with van der Waals surface area (Å²) < 4.78 is 27.7. The van der Waals surface area contributed by atoms with Gasteiger partial charge in [-0.3, -0.25) is 0 Å². The van der Waals surface area contributed by atoms with E-state index < -0.39 is 15.7 Å². The molecule has 0 aromatic rings. The molecule has 0 saturated heterocycles. The van der Waals surface area contributed by atoms with E-state index in [1.165, 1.54) is 0 Å². The molecule has 7 nitrogen and oxygen atoms in total. The normalized spacial score (nSPS) is 16.1. The van der Waals surface area contributed by atoms with Crippen LogP contribution in [0.4, 0.5) is 0 Å². The van der Waals surface area contributed by atoms with Crippen molar-refractivity contribution in [2.24, 2.45) is 16.8 Å². The maximum absolute atomic E-state index is 11.5. The highest BCUT2D eigenvalue weighted by atomic mass is 32.2. The molecule has 0 rings (SSSR count). The summed E-state index contributed by atoms with van der Waals surface area (Å²) in [6.45, 7) is 6.92. The number of hydrogen-bond acceptors (Lipinski definition) is 4. The quantitative estimate of drug-likeness (QED) is 0.230. The first-order valence-corrected chi connectivity index (χ1v) is 6.31. The van der Waals surface area contributed by atoms with Crippen LogP contribution in [-0.2, 0) is 10.2 Å². The lowest BCUT2D eigenvalue weighted by Gasteiger charge is -2.21. The molecule has 1 atom stereocenters. The first-order valence-electron chi connectivity index (χ1n) is 4.83. The van der Waals surface area contributed by atoms with Crippen LogP contribution in [0.2, 0.25) is 0 Å². The molecule has 8 heteroatoms. The largest absolute Gasteiger partial charge is 0.409 e. The van der Waals surface area contributed by atoms with E-state index in [0.717, 1.165) is 0 Å². The summed E-state index contributed by atoms with van der Waals surface area (Å²) in [6.07, 6.45) is 0. The molecule has 0 aliphatic rings. The fraction of sp³-hybridized carbons (Fsp3) is 0.875. The van der Waals surface area contributed by atoms with E-state index in [-0.39, 0.29) is 18.3 Å².